The number of rotatable bonds is 3. The summed E-state index contributed by atoms with van der Waals surface area (Å²) < 4.78 is 4.91. The van der Waals surface area contributed by atoms with E-state index in [9.17, 15) is 9.59 Å². The first-order valence-corrected chi connectivity index (χ1v) is 6.23. The second-order valence-electron chi connectivity index (χ2n) is 3.67. The zero-order valence-corrected chi connectivity index (χ0v) is 10.8. The molecule has 2 aromatic heterocycles. The van der Waals surface area contributed by atoms with Crippen LogP contribution in [0.25, 0.3) is 10.2 Å². The fourth-order valence-electron chi connectivity index (χ4n) is 1.54. The van der Waals surface area contributed by atoms with E-state index in [1.54, 1.807) is 19.1 Å². The van der Waals surface area contributed by atoms with Gasteiger partial charge in [-0.3, -0.25) is 4.79 Å². The minimum absolute atomic E-state index is 0.124. The lowest BCUT2D eigenvalue weighted by Crippen LogP contribution is -2.04. The molecule has 0 saturated heterocycles. The molecule has 0 spiro atoms. The number of nitrogens with zero attached hydrogens (tertiary/aromatic N) is 1. The molecule has 2 rings (SSSR count). The molecule has 2 aromatic rings. The number of ether oxygens (including phenoxy) is 1. The first-order chi connectivity index (χ1) is 8.54. The molecule has 0 aromatic carbocycles. The molecule has 0 aliphatic carbocycles. The Morgan fingerprint density at radius 1 is 1.44 bits per heavy atom. The molecule has 0 unspecified atom stereocenters. The molecule has 0 atom stereocenters. The van der Waals surface area contributed by atoms with Crippen LogP contribution in [0.15, 0.2) is 12.1 Å². The van der Waals surface area contributed by atoms with Gasteiger partial charge in [0.15, 0.2) is 5.78 Å². The van der Waals surface area contributed by atoms with Gasteiger partial charge in [0.05, 0.1) is 12.3 Å². The Morgan fingerprint density at radius 2 is 2.17 bits per heavy atom. The molecule has 5 nitrogen and oxygen atoms in total. The molecule has 0 aliphatic heterocycles. The van der Waals surface area contributed by atoms with Gasteiger partial charge in [-0.15, -0.1) is 11.3 Å². The van der Waals surface area contributed by atoms with Gasteiger partial charge in [0.2, 0.25) is 0 Å². The summed E-state index contributed by atoms with van der Waals surface area (Å²) in [7, 11) is 0. The number of anilines is 1. The van der Waals surface area contributed by atoms with E-state index in [-0.39, 0.29) is 5.78 Å². The molecule has 0 aliphatic rings. The highest BCUT2D eigenvalue weighted by molar-refractivity contribution is 7.21. The zero-order chi connectivity index (χ0) is 13.3. The van der Waals surface area contributed by atoms with Crippen LogP contribution in [-0.4, -0.2) is 23.3 Å². The van der Waals surface area contributed by atoms with Gasteiger partial charge in [-0.25, -0.2) is 9.78 Å². The number of carbonyl (C=O) groups is 2. The van der Waals surface area contributed by atoms with E-state index in [1.807, 2.05) is 0 Å². The Morgan fingerprint density at radius 3 is 2.78 bits per heavy atom. The summed E-state index contributed by atoms with van der Waals surface area (Å²) in [6, 6.07) is 3.30. The van der Waals surface area contributed by atoms with Crippen LogP contribution in [0.2, 0.25) is 0 Å². The molecule has 2 N–H and O–H groups in total. The summed E-state index contributed by atoms with van der Waals surface area (Å²) >= 11 is 1.14. The van der Waals surface area contributed by atoms with Crippen molar-refractivity contribution in [3.05, 3.63) is 22.7 Å². The smallest absolute Gasteiger partial charge is 0.350 e. The maximum absolute atomic E-state index is 11.7. The van der Waals surface area contributed by atoms with Crippen LogP contribution in [-0.2, 0) is 4.74 Å². The van der Waals surface area contributed by atoms with Crippen LogP contribution < -0.4 is 5.73 Å². The largest absolute Gasteiger partial charge is 0.462 e. The number of hydrogen-bond acceptors (Lipinski definition) is 6. The second-order valence-corrected chi connectivity index (χ2v) is 4.67. The van der Waals surface area contributed by atoms with Crippen LogP contribution >= 0.6 is 11.3 Å². The monoisotopic (exact) mass is 264 g/mol. The number of nitrogen functional groups attached to an aromatic ring is 1. The van der Waals surface area contributed by atoms with Gasteiger partial charge in [0.1, 0.15) is 15.4 Å². The van der Waals surface area contributed by atoms with Gasteiger partial charge in [-0.1, -0.05) is 0 Å². The lowest BCUT2D eigenvalue weighted by Gasteiger charge is -1.98. The third-order valence-corrected chi connectivity index (χ3v) is 3.51. The lowest BCUT2D eigenvalue weighted by atomic mass is 10.2. The summed E-state index contributed by atoms with van der Waals surface area (Å²) in [5, 5.41) is 0.674. The summed E-state index contributed by atoms with van der Waals surface area (Å²) in [6.07, 6.45) is 0. The zero-order valence-electron chi connectivity index (χ0n) is 10.0. The van der Waals surface area contributed by atoms with E-state index >= 15 is 0 Å². The van der Waals surface area contributed by atoms with Crippen molar-refractivity contribution in [2.75, 3.05) is 12.3 Å². The Balaban J connectivity index is 2.55. The van der Waals surface area contributed by atoms with Gasteiger partial charge in [-0.2, -0.15) is 0 Å². The van der Waals surface area contributed by atoms with Crippen molar-refractivity contribution in [3.8, 4) is 0 Å². The number of nitrogens with two attached hydrogens (primary N) is 1. The normalized spacial score (nSPS) is 10.6. The van der Waals surface area contributed by atoms with Crippen molar-refractivity contribution in [3.63, 3.8) is 0 Å². The minimum atomic E-state index is -0.456. The average molecular weight is 264 g/mol. The highest BCUT2D eigenvalue weighted by Gasteiger charge is 2.18. The van der Waals surface area contributed by atoms with Crippen LogP contribution in [0.4, 0.5) is 5.69 Å². The molecule has 0 fully saturated rings. The van der Waals surface area contributed by atoms with Gasteiger partial charge < -0.3 is 10.5 Å². The Hall–Kier alpha value is -1.95. The fraction of sp³-hybridized carbons (Fsp3) is 0.250. The minimum Gasteiger partial charge on any atom is -0.462 e. The van der Waals surface area contributed by atoms with Crippen molar-refractivity contribution >= 4 is 39.0 Å². The summed E-state index contributed by atoms with van der Waals surface area (Å²) in [6.45, 7) is 3.46. The second kappa shape index (κ2) is 4.73. The molecule has 0 saturated carbocycles. The number of esters is 1. The maximum atomic E-state index is 11.7. The molecule has 2 heterocycles. The predicted octanol–water partition coefficient (Wildman–Crippen LogP) is 2.26. The SMILES string of the molecule is CCOC(=O)c1sc2nc(C(C)=O)ccc2c1N. The van der Waals surface area contributed by atoms with E-state index < -0.39 is 5.97 Å². The van der Waals surface area contributed by atoms with Crippen molar-refractivity contribution in [1.29, 1.82) is 0 Å². The molecule has 6 heteroatoms. The standard InChI is InChI=1S/C12H12N2O3S/c1-3-17-12(16)10-9(13)7-4-5-8(6(2)15)14-11(7)18-10/h4-5H,3,13H2,1-2H3. The van der Waals surface area contributed by atoms with Gasteiger partial charge >= 0.3 is 5.97 Å². The third kappa shape index (κ3) is 2.06. The highest BCUT2D eigenvalue weighted by Crippen LogP contribution is 2.33. The molecule has 0 bridgehead atoms. The number of ketones is 1. The first-order valence-electron chi connectivity index (χ1n) is 5.41. The number of pyridine rings is 1. The van der Waals surface area contributed by atoms with Crippen LogP contribution in [0.1, 0.15) is 34.0 Å². The van der Waals surface area contributed by atoms with E-state index in [4.69, 9.17) is 10.5 Å². The third-order valence-electron chi connectivity index (χ3n) is 2.42. The number of hydrogen-bond donors (Lipinski definition) is 1. The Kier molecular flexibility index (Phi) is 3.29. The highest BCUT2D eigenvalue weighted by atomic mass is 32.1. The number of aromatic nitrogens is 1. The topological polar surface area (TPSA) is 82.3 Å². The molecule has 0 amide bonds. The quantitative estimate of drug-likeness (QED) is 0.679. The van der Waals surface area contributed by atoms with Gasteiger partial charge in [-0.05, 0) is 19.1 Å². The molecule has 0 radical (unpaired) electrons. The van der Waals surface area contributed by atoms with E-state index in [1.165, 1.54) is 6.92 Å². The van der Waals surface area contributed by atoms with Crippen LogP contribution in [0.3, 0.4) is 0 Å². The fourth-order valence-corrected chi connectivity index (χ4v) is 2.53. The van der Waals surface area contributed by atoms with E-state index in [0.717, 1.165) is 11.3 Å². The molecule has 94 valence electrons. The summed E-state index contributed by atoms with van der Waals surface area (Å²) in [5.74, 6) is -0.580. The van der Waals surface area contributed by atoms with E-state index in [2.05, 4.69) is 4.98 Å². The predicted molar refractivity (Wildman–Crippen MR) is 70.0 cm³/mol. The van der Waals surface area contributed by atoms with Crippen molar-refractivity contribution in [1.82, 2.24) is 4.98 Å². The Labute approximate surface area is 108 Å². The number of fused-ring (bicyclic) bond motifs is 1. The Bertz CT molecular complexity index is 634. The summed E-state index contributed by atoms with van der Waals surface area (Å²) in [4.78, 5) is 28.0. The molecular weight excluding hydrogens is 252 g/mol. The van der Waals surface area contributed by atoms with E-state index in [0.29, 0.717) is 33.1 Å². The van der Waals surface area contributed by atoms with Crippen molar-refractivity contribution < 1.29 is 14.3 Å². The van der Waals surface area contributed by atoms with Gasteiger partial charge in [0, 0.05) is 12.3 Å². The van der Waals surface area contributed by atoms with Gasteiger partial charge in [0.25, 0.3) is 0 Å². The first kappa shape index (κ1) is 12.5. The van der Waals surface area contributed by atoms with Crippen LogP contribution in [0.5, 0.6) is 0 Å². The lowest BCUT2D eigenvalue weighted by molar-refractivity contribution is 0.0533. The van der Waals surface area contributed by atoms with Crippen molar-refractivity contribution in [2.45, 2.75) is 13.8 Å². The molecule has 18 heavy (non-hydrogen) atoms. The molecular formula is C12H12N2O3S. The summed E-state index contributed by atoms with van der Waals surface area (Å²) in [5.41, 5.74) is 6.60. The maximum Gasteiger partial charge on any atom is 0.350 e. The average Bonchev–Trinajstić information content (AvgIpc) is 2.66. The van der Waals surface area contributed by atoms with Crippen molar-refractivity contribution in [2.24, 2.45) is 0 Å². The van der Waals surface area contributed by atoms with Crippen LogP contribution in [0, 0.1) is 0 Å². The number of thiophene rings is 1. The number of carbonyl (C=O) groups excluding carboxylic acids is 2. The number of Topliss-reactive ketones (excluding diaryl/α,β-unsaturated/α-hetero) is 1.